The quantitative estimate of drug-likeness (QED) is 0.828. The molecule has 1 atom stereocenters. The van der Waals surface area contributed by atoms with Crippen molar-refractivity contribution in [2.24, 2.45) is 5.73 Å². The second-order valence-electron chi connectivity index (χ2n) is 4.74. The molecular weight excluding hydrogens is 335 g/mol. The molecule has 0 bridgehead atoms. The van der Waals surface area contributed by atoms with E-state index < -0.39 is 17.9 Å². The Morgan fingerprint density at radius 2 is 2.05 bits per heavy atom. The molecule has 1 amide bonds. The van der Waals surface area contributed by atoms with Gasteiger partial charge in [0.2, 0.25) is 0 Å². The highest BCUT2D eigenvalue weighted by atomic mass is 35.5. The zero-order valence-electron chi connectivity index (χ0n) is 11.8. The molecule has 0 radical (unpaired) electrons. The molecule has 1 aliphatic heterocycles. The molecule has 120 valence electrons. The summed E-state index contributed by atoms with van der Waals surface area (Å²) in [7, 11) is 1.50. The van der Waals surface area contributed by atoms with Crippen LogP contribution in [0.5, 0.6) is 0 Å². The third-order valence-corrected chi connectivity index (χ3v) is 4.17. The Morgan fingerprint density at radius 1 is 1.36 bits per heavy atom. The molecule has 8 heteroatoms. The number of hydrogen-bond acceptors (Lipinski definition) is 2. The fourth-order valence-electron chi connectivity index (χ4n) is 2.39. The highest BCUT2D eigenvalue weighted by molar-refractivity contribution is 6.44. The van der Waals surface area contributed by atoms with Crippen molar-refractivity contribution in [1.82, 2.24) is 9.88 Å². The number of halogens is 4. The van der Waals surface area contributed by atoms with E-state index in [0.717, 1.165) is 0 Å². The van der Waals surface area contributed by atoms with E-state index in [9.17, 15) is 13.6 Å². The van der Waals surface area contributed by atoms with Gasteiger partial charge in [-0.3, -0.25) is 4.79 Å². The topological polar surface area (TPSA) is 62.1 Å². The van der Waals surface area contributed by atoms with Crippen molar-refractivity contribution in [2.45, 2.75) is 12.6 Å². The number of amides is 1. The van der Waals surface area contributed by atoms with Gasteiger partial charge in [0.15, 0.2) is 0 Å². The lowest BCUT2D eigenvalue weighted by Crippen LogP contribution is -2.29. The molecule has 2 heterocycles. The van der Waals surface area contributed by atoms with Gasteiger partial charge in [-0.25, -0.2) is 8.78 Å². The Balaban J connectivity index is 0.000000847. The number of nitrogens with zero attached hydrogens (tertiary/aromatic N) is 1. The Labute approximate surface area is 136 Å². The lowest BCUT2D eigenvalue weighted by atomic mass is 10.2. The Kier molecular flexibility index (Phi) is 5.26. The molecule has 4 nitrogen and oxygen atoms in total. The number of benzene rings is 1. The van der Waals surface area contributed by atoms with Crippen LogP contribution < -0.4 is 5.73 Å². The van der Waals surface area contributed by atoms with Gasteiger partial charge in [-0.2, -0.15) is 0 Å². The average Bonchev–Trinajstić information content (AvgIpc) is 3.09. The van der Waals surface area contributed by atoms with Crippen LogP contribution in [0.4, 0.5) is 8.78 Å². The van der Waals surface area contributed by atoms with Crippen LogP contribution in [0.3, 0.4) is 0 Å². The molecule has 2 aromatic rings. The van der Waals surface area contributed by atoms with Crippen LogP contribution in [-0.4, -0.2) is 42.1 Å². The largest absolute Gasteiger partial charge is 0.349 e. The summed E-state index contributed by atoms with van der Waals surface area (Å²) in [6.45, 7) is 0.389. The first-order valence-electron chi connectivity index (χ1n) is 6.65. The van der Waals surface area contributed by atoms with E-state index in [4.69, 9.17) is 23.2 Å². The second kappa shape index (κ2) is 6.81. The average molecular weight is 350 g/mol. The molecule has 3 rings (SSSR count). The van der Waals surface area contributed by atoms with Crippen molar-refractivity contribution in [3.8, 4) is 0 Å². The summed E-state index contributed by atoms with van der Waals surface area (Å²) in [6, 6.07) is 2.65. The predicted octanol–water partition coefficient (Wildman–Crippen LogP) is 3.37. The summed E-state index contributed by atoms with van der Waals surface area (Å²) >= 11 is 12.0. The van der Waals surface area contributed by atoms with E-state index in [0.29, 0.717) is 18.5 Å². The van der Waals surface area contributed by atoms with E-state index in [1.165, 1.54) is 24.1 Å². The number of H-pyrrole nitrogens is 1. The molecule has 3 N–H and O–H groups in total. The fourth-order valence-corrected chi connectivity index (χ4v) is 3.02. The van der Waals surface area contributed by atoms with Crippen LogP contribution in [0.2, 0.25) is 10.0 Å². The number of nitrogens with one attached hydrogen (secondary N) is 1. The molecule has 1 aliphatic rings. The molecule has 1 saturated heterocycles. The first-order valence-corrected chi connectivity index (χ1v) is 7.41. The molecule has 1 unspecified atom stereocenters. The van der Waals surface area contributed by atoms with Gasteiger partial charge >= 0.3 is 0 Å². The fraction of sp³-hybridized carbons (Fsp3) is 0.357. The van der Waals surface area contributed by atoms with Crippen LogP contribution in [0.15, 0.2) is 12.1 Å². The zero-order valence-corrected chi connectivity index (χ0v) is 13.3. The van der Waals surface area contributed by atoms with Gasteiger partial charge in [-0.05, 0) is 25.6 Å². The van der Waals surface area contributed by atoms with Crippen LogP contribution in [0, 0.1) is 5.82 Å². The van der Waals surface area contributed by atoms with Gasteiger partial charge in [0.05, 0.1) is 16.6 Å². The SMILES string of the molecule is CN.O=C(c1[nH]c2ccc(F)c(Cl)c2c1Cl)N1CCC(F)C1. The van der Waals surface area contributed by atoms with Crippen molar-refractivity contribution in [1.29, 1.82) is 0 Å². The maximum Gasteiger partial charge on any atom is 0.271 e. The number of hydrogen-bond donors (Lipinski definition) is 2. The summed E-state index contributed by atoms with van der Waals surface area (Å²) in [5.74, 6) is -1.01. The molecule has 0 spiro atoms. The van der Waals surface area contributed by atoms with Gasteiger partial charge in [0.1, 0.15) is 17.7 Å². The number of alkyl halides is 1. The first kappa shape index (κ1) is 17.0. The summed E-state index contributed by atoms with van der Waals surface area (Å²) in [5, 5.41) is 0.206. The first-order chi connectivity index (χ1) is 10.5. The van der Waals surface area contributed by atoms with Crippen molar-refractivity contribution in [3.05, 3.63) is 33.7 Å². The minimum Gasteiger partial charge on any atom is -0.349 e. The molecule has 22 heavy (non-hydrogen) atoms. The van der Waals surface area contributed by atoms with Crippen LogP contribution in [0.1, 0.15) is 16.9 Å². The normalized spacial score (nSPS) is 17.5. The molecule has 1 aromatic carbocycles. The highest BCUT2D eigenvalue weighted by Gasteiger charge is 2.29. The van der Waals surface area contributed by atoms with Crippen LogP contribution in [-0.2, 0) is 0 Å². The van der Waals surface area contributed by atoms with E-state index in [2.05, 4.69) is 10.7 Å². The van der Waals surface area contributed by atoms with Crippen molar-refractivity contribution in [3.63, 3.8) is 0 Å². The number of aromatic nitrogens is 1. The Morgan fingerprint density at radius 3 is 2.64 bits per heavy atom. The van der Waals surface area contributed by atoms with Gasteiger partial charge in [0.25, 0.3) is 5.91 Å². The number of rotatable bonds is 1. The molecule has 1 fully saturated rings. The smallest absolute Gasteiger partial charge is 0.271 e. The monoisotopic (exact) mass is 349 g/mol. The minimum atomic E-state index is -1.01. The molecule has 0 aliphatic carbocycles. The lowest BCUT2D eigenvalue weighted by molar-refractivity contribution is 0.0778. The van der Waals surface area contributed by atoms with E-state index in [1.54, 1.807) is 0 Å². The number of nitrogens with two attached hydrogens (primary N) is 1. The number of fused-ring (bicyclic) bond motifs is 1. The van der Waals surface area contributed by atoms with Crippen molar-refractivity contribution >= 4 is 40.0 Å². The third-order valence-electron chi connectivity index (χ3n) is 3.43. The van der Waals surface area contributed by atoms with Gasteiger partial charge in [-0.1, -0.05) is 23.2 Å². The van der Waals surface area contributed by atoms with Crippen LogP contribution in [0.25, 0.3) is 10.9 Å². The molecular formula is C14H15Cl2F2N3O. The summed E-state index contributed by atoms with van der Waals surface area (Å²) in [6.07, 6.45) is -0.693. The maximum atomic E-state index is 13.4. The minimum absolute atomic E-state index is 0.0482. The zero-order chi connectivity index (χ0) is 16.4. The molecule has 0 saturated carbocycles. The van der Waals surface area contributed by atoms with E-state index in [1.807, 2.05) is 0 Å². The lowest BCUT2D eigenvalue weighted by Gasteiger charge is -2.14. The summed E-state index contributed by atoms with van der Waals surface area (Å²) in [4.78, 5) is 16.5. The van der Waals surface area contributed by atoms with E-state index in [-0.39, 0.29) is 27.7 Å². The third kappa shape index (κ3) is 2.91. The number of carbonyl (C=O) groups is 1. The summed E-state index contributed by atoms with van der Waals surface area (Å²) in [5.41, 5.74) is 5.09. The highest BCUT2D eigenvalue weighted by Crippen LogP contribution is 2.35. The summed E-state index contributed by atoms with van der Waals surface area (Å²) < 4.78 is 26.6. The number of likely N-dealkylation sites (tertiary alicyclic amines) is 1. The Hall–Kier alpha value is -1.37. The van der Waals surface area contributed by atoms with Crippen molar-refractivity contribution < 1.29 is 13.6 Å². The second-order valence-corrected chi connectivity index (χ2v) is 5.49. The number of carbonyl (C=O) groups excluding carboxylic acids is 1. The Bertz CT molecular complexity index is 705. The molecule has 1 aromatic heterocycles. The van der Waals surface area contributed by atoms with Gasteiger partial charge in [-0.15, -0.1) is 0 Å². The van der Waals surface area contributed by atoms with Crippen molar-refractivity contribution in [2.75, 3.05) is 20.1 Å². The standard InChI is InChI=1S/C13H10Cl2F2N2O.CH5N/c14-10-7(17)1-2-8-9(10)11(15)12(18-8)13(20)19-4-3-6(16)5-19;1-2/h1-2,6,18H,3-5H2;2H2,1H3. The maximum absolute atomic E-state index is 13.4. The van der Waals surface area contributed by atoms with Gasteiger partial charge in [0, 0.05) is 17.4 Å². The van der Waals surface area contributed by atoms with Gasteiger partial charge < -0.3 is 15.6 Å². The van der Waals surface area contributed by atoms with E-state index >= 15 is 0 Å². The van der Waals surface area contributed by atoms with Crippen LogP contribution >= 0.6 is 23.2 Å². The number of aromatic amines is 1. The predicted molar refractivity (Wildman–Crippen MR) is 83.8 cm³/mol.